The summed E-state index contributed by atoms with van der Waals surface area (Å²) >= 11 is 0. The van der Waals surface area contributed by atoms with Crippen molar-refractivity contribution in [1.82, 2.24) is 15.5 Å². The Morgan fingerprint density at radius 3 is 2.48 bits per heavy atom. The van der Waals surface area contributed by atoms with Crippen LogP contribution >= 0.6 is 24.0 Å². The van der Waals surface area contributed by atoms with Crippen molar-refractivity contribution >= 4 is 29.9 Å². The molecule has 0 bridgehead atoms. The van der Waals surface area contributed by atoms with E-state index in [1.807, 2.05) is 24.3 Å². The first-order chi connectivity index (χ1) is 11.6. The van der Waals surface area contributed by atoms with Crippen LogP contribution in [-0.4, -0.2) is 43.6 Å². The van der Waals surface area contributed by atoms with E-state index in [2.05, 4.69) is 40.1 Å². The zero-order chi connectivity index (χ0) is 17.4. The van der Waals surface area contributed by atoms with Crippen molar-refractivity contribution in [2.45, 2.75) is 32.4 Å². The number of nitrogens with zero attached hydrogens (tertiary/aromatic N) is 3. The number of piperidine rings is 1. The number of rotatable bonds is 5. The topological polar surface area (TPSA) is 63.4 Å². The molecule has 1 saturated heterocycles. The Hall–Kier alpha value is -1.59. The van der Waals surface area contributed by atoms with Crippen LogP contribution in [0.1, 0.15) is 30.9 Å². The van der Waals surface area contributed by atoms with Crippen LogP contribution < -0.4 is 10.6 Å². The highest BCUT2D eigenvalue weighted by molar-refractivity contribution is 14.0. The summed E-state index contributed by atoms with van der Waals surface area (Å²) in [5.41, 5.74) is 3.04. The minimum atomic E-state index is 0. The van der Waals surface area contributed by atoms with E-state index in [0.29, 0.717) is 18.2 Å². The minimum absolute atomic E-state index is 0. The summed E-state index contributed by atoms with van der Waals surface area (Å²) in [6.45, 7) is 9.95. The van der Waals surface area contributed by atoms with Crippen molar-refractivity contribution in [3.05, 3.63) is 47.5 Å². The fourth-order valence-electron chi connectivity index (χ4n) is 2.89. The molecule has 0 aromatic heterocycles. The van der Waals surface area contributed by atoms with Crippen molar-refractivity contribution in [3.63, 3.8) is 0 Å². The monoisotopic (exact) mass is 453 g/mol. The predicted molar refractivity (Wildman–Crippen MR) is 114 cm³/mol. The fraction of sp³-hybridized carbons (Fsp3) is 0.474. The summed E-state index contributed by atoms with van der Waals surface area (Å²) in [4.78, 5) is 6.76. The van der Waals surface area contributed by atoms with E-state index < -0.39 is 0 Å². The summed E-state index contributed by atoms with van der Waals surface area (Å²) < 4.78 is 0. The number of hydrogen-bond donors (Lipinski definition) is 2. The Kier molecular flexibility index (Phi) is 9.53. The average Bonchev–Trinajstić information content (AvgIpc) is 2.60. The van der Waals surface area contributed by atoms with Gasteiger partial charge in [-0.05, 0) is 37.5 Å². The average molecular weight is 453 g/mol. The summed E-state index contributed by atoms with van der Waals surface area (Å²) in [6.07, 6.45) is 2.23. The Labute approximate surface area is 168 Å². The number of halogens is 1. The number of nitrogens with one attached hydrogen (secondary N) is 2. The lowest BCUT2D eigenvalue weighted by Gasteiger charge is -2.33. The Morgan fingerprint density at radius 1 is 1.32 bits per heavy atom. The van der Waals surface area contributed by atoms with Crippen LogP contribution in [0.2, 0.25) is 0 Å². The molecular formula is C19H28IN5. The molecule has 25 heavy (non-hydrogen) atoms. The van der Waals surface area contributed by atoms with Gasteiger partial charge in [-0.3, -0.25) is 9.89 Å². The van der Waals surface area contributed by atoms with Crippen molar-refractivity contribution < 1.29 is 0 Å². The van der Waals surface area contributed by atoms with Gasteiger partial charge in [0, 0.05) is 39.3 Å². The fourth-order valence-corrected chi connectivity index (χ4v) is 2.89. The van der Waals surface area contributed by atoms with Crippen molar-refractivity contribution in [2.24, 2.45) is 4.99 Å². The maximum Gasteiger partial charge on any atom is 0.191 e. The van der Waals surface area contributed by atoms with E-state index in [1.165, 1.54) is 5.57 Å². The van der Waals surface area contributed by atoms with Gasteiger partial charge in [0.15, 0.2) is 5.96 Å². The molecule has 0 spiro atoms. The van der Waals surface area contributed by atoms with Crippen LogP contribution in [0.3, 0.4) is 0 Å². The van der Waals surface area contributed by atoms with E-state index in [1.54, 1.807) is 7.05 Å². The molecule has 1 aromatic carbocycles. The molecule has 0 atom stereocenters. The molecular weight excluding hydrogens is 425 g/mol. The van der Waals surface area contributed by atoms with Crippen molar-refractivity contribution in [2.75, 3.05) is 26.7 Å². The number of benzene rings is 1. The first-order valence-corrected chi connectivity index (χ1v) is 8.43. The van der Waals surface area contributed by atoms with Gasteiger partial charge in [-0.2, -0.15) is 5.26 Å². The predicted octanol–water partition coefficient (Wildman–Crippen LogP) is 2.88. The van der Waals surface area contributed by atoms with Crippen LogP contribution in [0.5, 0.6) is 0 Å². The highest BCUT2D eigenvalue weighted by Crippen LogP contribution is 2.11. The number of guanidine groups is 1. The molecule has 1 fully saturated rings. The molecule has 0 amide bonds. The molecule has 0 radical (unpaired) electrons. The van der Waals surface area contributed by atoms with E-state index in [4.69, 9.17) is 5.26 Å². The molecule has 5 nitrogen and oxygen atoms in total. The highest BCUT2D eigenvalue weighted by Gasteiger charge is 2.19. The van der Waals surface area contributed by atoms with Crippen LogP contribution in [0, 0.1) is 11.3 Å². The lowest BCUT2D eigenvalue weighted by molar-refractivity contribution is 0.221. The van der Waals surface area contributed by atoms with Gasteiger partial charge < -0.3 is 10.6 Å². The van der Waals surface area contributed by atoms with Crippen molar-refractivity contribution in [3.8, 4) is 6.07 Å². The van der Waals surface area contributed by atoms with Gasteiger partial charge in [0.05, 0.1) is 11.6 Å². The molecule has 0 saturated carbocycles. The maximum atomic E-state index is 8.83. The standard InChI is InChI=1S/C19H27N5.HI/c1-15(2)14-24-10-8-18(9-11-24)23-19(21-3)22-13-17-6-4-16(12-20)5-7-17;/h4-7,18H,1,8-11,13-14H2,2-3H3,(H2,21,22,23);1H. The largest absolute Gasteiger partial charge is 0.354 e. The van der Waals surface area contributed by atoms with E-state index >= 15 is 0 Å². The third kappa shape index (κ3) is 7.45. The molecule has 0 unspecified atom stereocenters. The molecule has 1 aliphatic rings. The number of likely N-dealkylation sites (tertiary alicyclic amines) is 1. The molecule has 1 heterocycles. The second-order valence-corrected chi connectivity index (χ2v) is 6.39. The number of nitriles is 1. The second-order valence-electron chi connectivity index (χ2n) is 6.39. The second kappa shape index (κ2) is 11.1. The van der Waals surface area contributed by atoms with Crippen LogP contribution in [0.15, 0.2) is 41.4 Å². The summed E-state index contributed by atoms with van der Waals surface area (Å²) in [5.74, 6) is 0.831. The van der Waals surface area contributed by atoms with Crippen LogP contribution in [0.25, 0.3) is 0 Å². The molecule has 136 valence electrons. The Morgan fingerprint density at radius 2 is 1.96 bits per heavy atom. The zero-order valence-electron chi connectivity index (χ0n) is 15.1. The molecule has 2 N–H and O–H groups in total. The first-order valence-electron chi connectivity index (χ1n) is 8.43. The minimum Gasteiger partial charge on any atom is -0.354 e. The summed E-state index contributed by atoms with van der Waals surface area (Å²) in [6, 6.07) is 10.2. The van der Waals surface area contributed by atoms with Gasteiger partial charge in [0.2, 0.25) is 0 Å². The van der Waals surface area contributed by atoms with E-state index in [0.717, 1.165) is 44.0 Å². The lowest BCUT2D eigenvalue weighted by Crippen LogP contribution is -2.48. The SMILES string of the molecule is C=C(C)CN1CCC(NC(=NC)NCc2ccc(C#N)cc2)CC1.I. The Bertz CT molecular complexity index is 610. The Balaban J connectivity index is 0.00000312. The van der Waals surface area contributed by atoms with Gasteiger partial charge in [-0.15, -0.1) is 24.0 Å². The van der Waals surface area contributed by atoms with E-state index in [-0.39, 0.29) is 24.0 Å². The number of hydrogen-bond acceptors (Lipinski definition) is 3. The van der Waals surface area contributed by atoms with Crippen LogP contribution in [0.4, 0.5) is 0 Å². The smallest absolute Gasteiger partial charge is 0.191 e. The molecule has 2 rings (SSSR count). The molecule has 0 aliphatic carbocycles. The lowest BCUT2D eigenvalue weighted by atomic mass is 10.0. The molecule has 6 heteroatoms. The molecule has 1 aliphatic heterocycles. The third-order valence-electron chi connectivity index (χ3n) is 4.19. The molecule has 1 aromatic rings. The summed E-state index contributed by atoms with van der Waals surface area (Å²) in [7, 11) is 1.80. The summed E-state index contributed by atoms with van der Waals surface area (Å²) in [5, 5.41) is 15.7. The van der Waals surface area contributed by atoms with Gasteiger partial charge in [0.1, 0.15) is 0 Å². The van der Waals surface area contributed by atoms with Crippen LogP contribution in [-0.2, 0) is 6.54 Å². The van der Waals surface area contributed by atoms with Crippen molar-refractivity contribution in [1.29, 1.82) is 5.26 Å². The third-order valence-corrected chi connectivity index (χ3v) is 4.19. The highest BCUT2D eigenvalue weighted by atomic mass is 127. The zero-order valence-corrected chi connectivity index (χ0v) is 17.4. The van der Waals surface area contributed by atoms with Gasteiger partial charge in [-0.1, -0.05) is 24.3 Å². The van der Waals surface area contributed by atoms with E-state index in [9.17, 15) is 0 Å². The normalized spacial score (nSPS) is 15.8. The maximum absolute atomic E-state index is 8.83. The number of aliphatic imine (C=N–C) groups is 1. The van der Waals surface area contributed by atoms with Gasteiger partial charge >= 0.3 is 0 Å². The first kappa shape index (κ1) is 21.5. The van der Waals surface area contributed by atoms with Gasteiger partial charge in [0.25, 0.3) is 0 Å². The quantitative estimate of drug-likeness (QED) is 0.312. The van der Waals surface area contributed by atoms with Gasteiger partial charge in [-0.25, -0.2) is 0 Å².